The first kappa shape index (κ1) is 19.2. The fourth-order valence-corrected chi connectivity index (χ4v) is 3.71. The molecule has 0 aromatic heterocycles. The smallest absolute Gasteiger partial charge is 0.320 e. The van der Waals surface area contributed by atoms with Crippen molar-refractivity contribution in [2.45, 2.75) is 45.4 Å². The normalized spacial score (nSPS) is 23.4. The second-order valence-corrected chi connectivity index (χ2v) is 6.61. The van der Waals surface area contributed by atoms with Crippen molar-refractivity contribution in [2.24, 2.45) is 11.8 Å². The van der Waals surface area contributed by atoms with Crippen LogP contribution in [0, 0.1) is 11.8 Å². The molecule has 0 heterocycles. The maximum atomic E-state index is 12.6. The van der Waals surface area contributed by atoms with E-state index in [4.69, 9.17) is 9.47 Å². The van der Waals surface area contributed by atoms with Gasteiger partial charge in [-0.05, 0) is 37.2 Å². The molecule has 0 amide bonds. The van der Waals surface area contributed by atoms with Crippen LogP contribution in [0.1, 0.15) is 45.6 Å². The fraction of sp³-hybridized carbons (Fsp3) is 0.550. The lowest BCUT2D eigenvalue weighted by molar-refractivity contribution is -0.167. The Bertz CT molecular complexity index is 606. The van der Waals surface area contributed by atoms with Crippen molar-refractivity contribution < 1.29 is 23.9 Å². The summed E-state index contributed by atoms with van der Waals surface area (Å²) in [5, 5.41) is 0. The molecule has 1 aliphatic rings. The maximum absolute atomic E-state index is 12.6. The first-order valence-corrected chi connectivity index (χ1v) is 8.84. The minimum atomic E-state index is -1.09. The van der Waals surface area contributed by atoms with Crippen molar-refractivity contribution in [3.8, 4) is 0 Å². The highest BCUT2D eigenvalue weighted by molar-refractivity contribution is 5.96. The van der Waals surface area contributed by atoms with Gasteiger partial charge in [0, 0.05) is 12.8 Å². The number of Topliss-reactive ketones (excluding diaryl/α,β-unsaturated/α-hetero) is 1. The van der Waals surface area contributed by atoms with E-state index in [-0.39, 0.29) is 25.4 Å². The van der Waals surface area contributed by atoms with Crippen LogP contribution in [0.5, 0.6) is 0 Å². The Morgan fingerprint density at radius 3 is 2.20 bits per heavy atom. The van der Waals surface area contributed by atoms with Crippen LogP contribution in [0.2, 0.25) is 0 Å². The van der Waals surface area contributed by atoms with Crippen LogP contribution in [-0.2, 0) is 29.3 Å². The predicted octanol–water partition coefficient (Wildman–Crippen LogP) is 3.06. The maximum Gasteiger partial charge on any atom is 0.320 e. The van der Waals surface area contributed by atoms with Gasteiger partial charge in [-0.2, -0.15) is 0 Å². The van der Waals surface area contributed by atoms with Crippen LogP contribution < -0.4 is 0 Å². The molecule has 5 heteroatoms. The zero-order chi connectivity index (χ0) is 18.4. The van der Waals surface area contributed by atoms with E-state index in [9.17, 15) is 14.4 Å². The first-order chi connectivity index (χ1) is 11.9. The SMILES string of the molecule is CCOC(=O)C(C(=O)OCC)[C@@H]1CC(=O)CC[C@@]1(C)c1ccccc1. The van der Waals surface area contributed by atoms with Crippen LogP contribution in [0.15, 0.2) is 30.3 Å². The highest BCUT2D eigenvalue weighted by Gasteiger charge is 2.50. The Labute approximate surface area is 148 Å². The molecule has 1 fully saturated rings. The summed E-state index contributed by atoms with van der Waals surface area (Å²) in [6.07, 6.45) is 1.21. The number of carbonyl (C=O) groups excluding carboxylic acids is 3. The number of ketones is 1. The van der Waals surface area contributed by atoms with E-state index in [0.29, 0.717) is 12.8 Å². The molecule has 0 spiro atoms. The predicted molar refractivity (Wildman–Crippen MR) is 92.9 cm³/mol. The van der Waals surface area contributed by atoms with Gasteiger partial charge in [0.1, 0.15) is 5.78 Å². The molecular weight excluding hydrogens is 320 g/mol. The molecule has 0 bridgehead atoms. The summed E-state index contributed by atoms with van der Waals surface area (Å²) in [5.41, 5.74) is 0.547. The highest BCUT2D eigenvalue weighted by atomic mass is 16.6. The largest absolute Gasteiger partial charge is 0.465 e. The molecule has 0 unspecified atom stereocenters. The van der Waals surface area contributed by atoms with Crippen LogP contribution in [0.3, 0.4) is 0 Å². The van der Waals surface area contributed by atoms with E-state index in [2.05, 4.69) is 0 Å². The van der Waals surface area contributed by atoms with Gasteiger partial charge in [-0.3, -0.25) is 14.4 Å². The van der Waals surface area contributed by atoms with Gasteiger partial charge in [-0.25, -0.2) is 0 Å². The number of benzene rings is 1. The summed E-state index contributed by atoms with van der Waals surface area (Å²) in [6, 6.07) is 9.74. The Kier molecular flexibility index (Phi) is 6.34. The summed E-state index contributed by atoms with van der Waals surface area (Å²) >= 11 is 0. The van der Waals surface area contributed by atoms with Crippen molar-refractivity contribution in [1.29, 1.82) is 0 Å². The second-order valence-electron chi connectivity index (χ2n) is 6.61. The van der Waals surface area contributed by atoms with Gasteiger partial charge in [0.05, 0.1) is 13.2 Å². The summed E-state index contributed by atoms with van der Waals surface area (Å²) in [4.78, 5) is 37.3. The van der Waals surface area contributed by atoms with Crippen LogP contribution in [-0.4, -0.2) is 30.9 Å². The standard InChI is InChI=1S/C20H26O5/c1-4-24-18(22)17(19(23)25-5-2)16-13-15(21)11-12-20(16,3)14-9-7-6-8-10-14/h6-10,16-17H,4-5,11-13H2,1-3H3/t16-,20-/m0/s1. The van der Waals surface area contributed by atoms with Gasteiger partial charge >= 0.3 is 11.9 Å². The monoisotopic (exact) mass is 346 g/mol. The Morgan fingerprint density at radius 1 is 1.12 bits per heavy atom. The number of carbonyl (C=O) groups is 3. The highest BCUT2D eigenvalue weighted by Crippen LogP contribution is 2.46. The second kappa shape index (κ2) is 8.28. The third-order valence-corrected chi connectivity index (χ3v) is 5.11. The lowest BCUT2D eigenvalue weighted by atomic mass is 9.59. The summed E-state index contributed by atoms with van der Waals surface area (Å²) < 4.78 is 10.3. The number of rotatable bonds is 6. The molecule has 2 atom stereocenters. The topological polar surface area (TPSA) is 69.7 Å². The van der Waals surface area contributed by atoms with E-state index in [1.165, 1.54) is 0 Å². The molecule has 0 radical (unpaired) electrons. The minimum Gasteiger partial charge on any atom is -0.465 e. The molecule has 1 aromatic carbocycles. The molecule has 5 nitrogen and oxygen atoms in total. The van der Waals surface area contributed by atoms with E-state index in [1.54, 1.807) is 13.8 Å². The molecule has 1 aromatic rings. The number of hydrogen-bond donors (Lipinski definition) is 0. The molecule has 0 N–H and O–H groups in total. The zero-order valence-corrected chi connectivity index (χ0v) is 15.1. The third-order valence-electron chi connectivity index (χ3n) is 5.11. The van der Waals surface area contributed by atoms with Crippen molar-refractivity contribution in [2.75, 3.05) is 13.2 Å². The lowest BCUT2D eigenvalue weighted by Gasteiger charge is -2.43. The minimum absolute atomic E-state index is 0.0667. The van der Waals surface area contributed by atoms with Crippen LogP contribution in [0.25, 0.3) is 0 Å². The number of hydrogen-bond acceptors (Lipinski definition) is 5. The molecule has 2 rings (SSSR count). The average Bonchev–Trinajstić information content (AvgIpc) is 2.59. The van der Waals surface area contributed by atoms with Crippen molar-refractivity contribution in [3.05, 3.63) is 35.9 Å². The van der Waals surface area contributed by atoms with Crippen LogP contribution >= 0.6 is 0 Å². The van der Waals surface area contributed by atoms with Crippen molar-refractivity contribution in [1.82, 2.24) is 0 Å². The molecule has 0 aliphatic heterocycles. The average molecular weight is 346 g/mol. The van der Waals surface area contributed by atoms with Gasteiger partial charge in [-0.1, -0.05) is 37.3 Å². The van der Waals surface area contributed by atoms with Crippen molar-refractivity contribution >= 4 is 17.7 Å². The van der Waals surface area contributed by atoms with Gasteiger partial charge in [0.15, 0.2) is 5.92 Å². The molecule has 0 saturated heterocycles. The summed E-state index contributed by atoms with van der Waals surface area (Å²) in [7, 11) is 0. The van der Waals surface area contributed by atoms with E-state index >= 15 is 0 Å². The van der Waals surface area contributed by atoms with Crippen molar-refractivity contribution in [3.63, 3.8) is 0 Å². The molecule has 25 heavy (non-hydrogen) atoms. The molecular formula is C20H26O5. The quantitative estimate of drug-likeness (QED) is 0.585. The molecule has 136 valence electrons. The third kappa shape index (κ3) is 4.09. The van der Waals surface area contributed by atoms with Crippen LogP contribution in [0.4, 0.5) is 0 Å². The first-order valence-electron chi connectivity index (χ1n) is 8.84. The Hall–Kier alpha value is -2.17. The van der Waals surface area contributed by atoms with E-state index in [0.717, 1.165) is 5.56 Å². The summed E-state index contributed by atoms with van der Waals surface area (Å²) in [6.45, 7) is 5.77. The Balaban J connectivity index is 2.47. The summed E-state index contributed by atoms with van der Waals surface area (Å²) in [5.74, 6) is -2.72. The van der Waals surface area contributed by atoms with E-state index in [1.807, 2.05) is 37.3 Å². The van der Waals surface area contributed by atoms with Gasteiger partial charge < -0.3 is 9.47 Å². The molecule has 1 aliphatic carbocycles. The number of esters is 2. The zero-order valence-electron chi connectivity index (χ0n) is 15.1. The van der Waals surface area contributed by atoms with Gasteiger partial charge in [0.25, 0.3) is 0 Å². The lowest BCUT2D eigenvalue weighted by Crippen LogP contribution is -2.48. The van der Waals surface area contributed by atoms with Gasteiger partial charge in [-0.15, -0.1) is 0 Å². The fourth-order valence-electron chi connectivity index (χ4n) is 3.71. The van der Waals surface area contributed by atoms with E-state index < -0.39 is 29.2 Å². The Morgan fingerprint density at radius 2 is 1.68 bits per heavy atom. The molecule has 1 saturated carbocycles. The number of ether oxygens (including phenoxy) is 2. The van der Waals surface area contributed by atoms with Gasteiger partial charge in [0.2, 0.25) is 0 Å².